The Hall–Kier alpha value is -0.710. The lowest BCUT2D eigenvalue weighted by atomic mass is 9.97. The Morgan fingerprint density at radius 2 is 1.85 bits per heavy atom. The van der Waals surface area contributed by atoms with E-state index in [2.05, 4.69) is 62.3 Å². The van der Waals surface area contributed by atoms with Crippen molar-refractivity contribution in [3.05, 3.63) is 67.9 Å². The van der Waals surface area contributed by atoms with Crippen LogP contribution in [0.3, 0.4) is 0 Å². The Balaban J connectivity index is 2.30. The summed E-state index contributed by atoms with van der Waals surface area (Å²) in [4.78, 5) is 0. The third-order valence-electron chi connectivity index (χ3n) is 3.25. The van der Waals surface area contributed by atoms with Crippen molar-refractivity contribution in [3.8, 4) is 0 Å². The number of rotatable bonds is 4. The highest BCUT2D eigenvalue weighted by Crippen LogP contribution is 2.25. The van der Waals surface area contributed by atoms with Gasteiger partial charge in [0, 0.05) is 15.0 Å². The highest BCUT2D eigenvalue weighted by molar-refractivity contribution is 9.10. The summed E-state index contributed by atoms with van der Waals surface area (Å²) in [6.45, 7) is 2.06. The molecule has 0 heterocycles. The SMILES string of the molecule is CNC(Cc1cc(Br)ccc1F)c1cc(C)cc(Br)c1. The van der Waals surface area contributed by atoms with E-state index in [0.717, 1.165) is 14.5 Å². The molecule has 1 N–H and O–H groups in total. The van der Waals surface area contributed by atoms with Crippen LogP contribution >= 0.6 is 31.9 Å². The van der Waals surface area contributed by atoms with Gasteiger partial charge in [-0.05, 0) is 67.4 Å². The first-order valence-electron chi connectivity index (χ1n) is 6.38. The fourth-order valence-corrected chi connectivity index (χ4v) is 3.31. The van der Waals surface area contributed by atoms with Crippen LogP contribution in [0.2, 0.25) is 0 Å². The molecule has 1 unspecified atom stereocenters. The van der Waals surface area contributed by atoms with E-state index in [1.165, 1.54) is 11.6 Å². The number of nitrogens with one attached hydrogen (secondary N) is 1. The molecule has 0 aromatic heterocycles. The normalized spacial score (nSPS) is 12.4. The van der Waals surface area contributed by atoms with E-state index < -0.39 is 0 Å². The molecule has 0 aliphatic heterocycles. The van der Waals surface area contributed by atoms with Crippen LogP contribution in [0.1, 0.15) is 22.7 Å². The quantitative estimate of drug-likeness (QED) is 0.747. The van der Waals surface area contributed by atoms with Gasteiger partial charge in [0.2, 0.25) is 0 Å². The average Bonchev–Trinajstić information content (AvgIpc) is 2.38. The molecule has 106 valence electrons. The predicted molar refractivity (Wildman–Crippen MR) is 88.5 cm³/mol. The molecule has 1 nitrogen and oxygen atoms in total. The monoisotopic (exact) mass is 399 g/mol. The minimum Gasteiger partial charge on any atom is -0.313 e. The summed E-state index contributed by atoms with van der Waals surface area (Å²) in [6, 6.07) is 11.4. The minimum absolute atomic E-state index is 0.0787. The highest BCUT2D eigenvalue weighted by atomic mass is 79.9. The number of hydrogen-bond donors (Lipinski definition) is 1. The van der Waals surface area contributed by atoms with Crippen molar-refractivity contribution in [1.29, 1.82) is 0 Å². The molecule has 0 aliphatic carbocycles. The van der Waals surface area contributed by atoms with Crippen LogP contribution in [0.4, 0.5) is 4.39 Å². The molecule has 0 saturated carbocycles. The molecule has 1 atom stereocenters. The Labute approximate surface area is 135 Å². The minimum atomic E-state index is -0.167. The van der Waals surface area contributed by atoms with Crippen LogP contribution in [-0.4, -0.2) is 7.05 Å². The summed E-state index contributed by atoms with van der Waals surface area (Å²) in [5.41, 5.74) is 3.04. The van der Waals surface area contributed by atoms with Crippen LogP contribution < -0.4 is 5.32 Å². The molecule has 2 aromatic carbocycles. The summed E-state index contributed by atoms with van der Waals surface area (Å²) in [5.74, 6) is -0.167. The molecule has 0 radical (unpaired) electrons. The third kappa shape index (κ3) is 3.90. The topological polar surface area (TPSA) is 12.0 Å². The van der Waals surface area contributed by atoms with Gasteiger partial charge in [0.15, 0.2) is 0 Å². The van der Waals surface area contributed by atoms with E-state index in [4.69, 9.17) is 0 Å². The Morgan fingerprint density at radius 1 is 1.10 bits per heavy atom. The van der Waals surface area contributed by atoms with Crippen molar-refractivity contribution in [3.63, 3.8) is 0 Å². The Morgan fingerprint density at radius 3 is 2.50 bits per heavy atom. The summed E-state index contributed by atoms with van der Waals surface area (Å²) < 4.78 is 15.8. The lowest BCUT2D eigenvalue weighted by Crippen LogP contribution is -2.19. The molecule has 20 heavy (non-hydrogen) atoms. The van der Waals surface area contributed by atoms with Gasteiger partial charge < -0.3 is 5.32 Å². The molecule has 0 bridgehead atoms. The molecule has 2 rings (SSSR count). The number of halogens is 3. The van der Waals surface area contributed by atoms with Crippen LogP contribution in [0, 0.1) is 12.7 Å². The van der Waals surface area contributed by atoms with Gasteiger partial charge in [-0.15, -0.1) is 0 Å². The first-order chi connectivity index (χ1) is 9.49. The summed E-state index contributed by atoms with van der Waals surface area (Å²) in [6.07, 6.45) is 0.609. The average molecular weight is 401 g/mol. The van der Waals surface area contributed by atoms with Crippen molar-refractivity contribution in [2.75, 3.05) is 7.05 Å². The van der Waals surface area contributed by atoms with E-state index in [-0.39, 0.29) is 11.9 Å². The smallest absolute Gasteiger partial charge is 0.126 e. The van der Waals surface area contributed by atoms with Crippen molar-refractivity contribution in [1.82, 2.24) is 5.32 Å². The third-order valence-corrected chi connectivity index (χ3v) is 4.20. The van der Waals surface area contributed by atoms with Gasteiger partial charge in [0.05, 0.1) is 0 Å². The maximum atomic E-state index is 13.9. The molecule has 2 aromatic rings. The lowest BCUT2D eigenvalue weighted by Gasteiger charge is -2.18. The zero-order valence-electron chi connectivity index (χ0n) is 11.4. The predicted octanol–water partition coefficient (Wildman–Crippen LogP) is 5.16. The van der Waals surface area contributed by atoms with Crippen LogP contribution in [0.15, 0.2) is 45.3 Å². The molecule has 0 fully saturated rings. The van der Waals surface area contributed by atoms with E-state index in [0.29, 0.717) is 12.0 Å². The van der Waals surface area contributed by atoms with E-state index >= 15 is 0 Å². The van der Waals surface area contributed by atoms with E-state index in [1.54, 1.807) is 6.07 Å². The number of benzene rings is 2. The zero-order chi connectivity index (χ0) is 14.7. The molecule has 0 amide bonds. The van der Waals surface area contributed by atoms with Crippen molar-refractivity contribution >= 4 is 31.9 Å². The first kappa shape index (κ1) is 15.7. The lowest BCUT2D eigenvalue weighted by molar-refractivity contribution is 0.554. The maximum Gasteiger partial charge on any atom is 0.126 e. The van der Waals surface area contributed by atoms with Crippen LogP contribution in [0.25, 0.3) is 0 Å². The zero-order valence-corrected chi connectivity index (χ0v) is 14.6. The second-order valence-corrected chi connectivity index (χ2v) is 6.67. The van der Waals surface area contributed by atoms with E-state index in [9.17, 15) is 4.39 Å². The van der Waals surface area contributed by atoms with Crippen molar-refractivity contribution < 1.29 is 4.39 Å². The Kier molecular flexibility index (Phi) is 5.35. The molecular weight excluding hydrogens is 385 g/mol. The van der Waals surface area contributed by atoms with Crippen molar-refractivity contribution in [2.45, 2.75) is 19.4 Å². The fourth-order valence-electron chi connectivity index (χ4n) is 2.27. The summed E-state index contributed by atoms with van der Waals surface area (Å²) in [7, 11) is 1.90. The van der Waals surface area contributed by atoms with Crippen LogP contribution in [-0.2, 0) is 6.42 Å². The van der Waals surface area contributed by atoms with Gasteiger partial charge in [0.1, 0.15) is 5.82 Å². The first-order valence-corrected chi connectivity index (χ1v) is 7.96. The molecule has 0 aliphatic rings. The number of aryl methyl sites for hydroxylation is 1. The highest BCUT2D eigenvalue weighted by Gasteiger charge is 2.14. The molecule has 0 saturated heterocycles. The van der Waals surface area contributed by atoms with Crippen LogP contribution in [0.5, 0.6) is 0 Å². The summed E-state index contributed by atoms with van der Waals surface area (Å²) in [5, 5.41) is 3.27. The van der Waals surface area contributed by atoms with Crippen molar-refractivity contribution in [2.24, 2.45) is 0 Å². The second-order valence-electron chi connectivity index (χ2n) is 4.84. The number of hydrogen-bond acceptors (Lipinski definition) is 1. The van der Waals surface area contributed by atoms with Gasteiger partial charge in [-0.2, -0.15) is 0 Å². The Bertz CT molecular complexity index is 593. The second kappa shape index (κ2) is 6.83. The fraction of sp³-hybridized carbons (Fsp3) is 0.250. The standard InChI is InChI=1S/C16H16Br2FN/c1-10-5-12(8-14(18)6-10)16(20-2)9-11-7-13(17)3-4-15(11)19/h3-8,16,20H,9H2,1-2H3. The van der Waals surface area contributed by atoms with Gasteiger partial charge in [0.25, 0.3) is 0 Å². The van der Waals surface area contributed by atoms with E-state index in [1.807, 2.05) is 13.1 Å². The van der Waals surface area contributed by atoms with Gasteiger partial charge >= 0.3 is 0 Å². The molecular formula is C16H16Br2FN. The number of likely N-dealkylation sites (N-methyl/N-ethyl adjacent to an activating group) is 1. The maximum absolute atomic E-state index is 13.9. The summed E-state index contributed by atoms with van der Waals surface area (Å²) >= 11 is 6.91. The van der Waals surface area contributed by atoms with Gasteiger partial charge in [-0.3, -0.25) is 0 Å². The van der Waals surface area contributed by atoms with Gasteiger partial charge in [-0.25, -0.2) is 4.39 Å². The van der Waals surface area contributed by atoms with Gasteiger partial charge in [-0.1, -0.05) is 37.9 Å². The largest absolute Gasteiger partial charge is 0.313 e. The molecule has 0 spiro atoms. The molecule has 4 heteroatoms.